The standard InChI is InChI=1S/C20H16ClN3O2/c1-2-19-22-23-20(26-19)17-11-14-5-3-4-6-16(14)24(17)12-18(25)13-7-9-15(21)10-8-13/h3-11H,2,12H2,1H3. The van der Waals surface area contributed by atoms with E-state index in [0.29, 0.717) is 28.8 Å². The lowest BCUT2D eigenvalue weighted by Gasteiger charge is -2.08. The second-order valence-electron chi connectivity index (χ2n) is 5.96. The van der Waals surface area contributed by atoms with Crippen LogP contribution in [0.1, 0.15) is 23.2 Å². The van der Waals surface area contributed by atoms with Gasteiger partial charge in [0.15, 0.2) is 5.78 Å². The van der Waals surface area contributed by atoms with E-state index in [9.17, 15) is 4.79 Å². The summed E-state index contributed by atoms with van der Waals surface area (Å²) in [5, 5.41) is 9.80. The molecule has 5 nitrogen and oxygen atoms in total. The van der Waals surface area contributed by atoms with Crippen LogP contribution in [0.4, 0.5) is 0 Å². The van der Waals surface area contributed by atoms with Gasteiger partial charge in [0.05, 0.1) is 6.54 Å². The van der Waals surface area contributed by atoms with E-state index >= 15 is 0 Å². The molecular formula is C20H16ClN3O2. The van der Waals surface area contributed by atoms with Crippen LogP contribution in [-0.4, -0.2) is 20.5 Å². The first-order chi connectivity index (χ1) is 12.7. The molecule has 0 N–H and O–H groups in total. The molecule has 0 fully saturated rings. The van der Waals surface area contributed by atoms with Gasteiger partial charge in [0, 0.05) is 27.9 Å². The van der Waals surface area contributed by atoms with Crippen molar-refractivity contribution in [3.8, 4) is 11.6 Å². The molecule has 2 aromatic heterocycles. The fourth-order valence-corrected chi connectivity index (χ4v) is 3.05. The lowest BCUT2D eigenvalue weighted by Crippen LogP contribution is -2.11. The zero-order valence-electron chi connectivity index (χ0n) is 14.1. The molecule has 0 amide bonds. The first-order valence-corrected chi connectivity index (χ1v) is 8.73. The number of para-hydroxylation sites is 1. The van der Waals surface area contributed by atoms with E-state index in [2.05, 4.69) is 10.2 Å². The summed E-state index contributed by atoms with van der Waals surface area (Å²) in [5.41, 5.74) is 2.29. The van der Waals surface area contributed by atoms with Gasteiger partial charge in [-0.15, -0.1) is 10.2 Å². The molecule has 0 unspecified atom stereocenters. The van der Waals surface area contributed by atoms with Crippen molar-refractivity contribution in [2.75, 3.05) is 0 Å². The molecule has 2 aromatic carbocycles. The van der Waals surface area contributed by atoms with Gasteiger partial charge in [-0.2, -0.15) is 0 Å². The molecule has 0 aliphatic heterocycles. The van der Waals surface area contributed by atoms with E-state index in [1.165, 1.54) is 0 Å². The Kier molecular flexibility index (Phi) is 4.31. The number of aryl methyl sites for hydroxylation is 1. The summed E-state index contributed by atoms with van der Waals surface area (Å²) in [5.74, 6) is 0.974. The lowest BCUT2D eigenvalue weighted by molar-refractivity contribution is 0.0974. The third-order valence-corrected chi connectivity index (χ3v) is 4.52. The van der Waals surface area contributed by atoms with Crippen LogP contribution >= 0.6 is 11.6 Å². The van der Waals surface area contributed by atoms with Gasteiger partial charge >= 0.3 is 0 Å². The van der Waals surface area contributed by atoms with Crippen LogP contribution in [0.3, 0.4) is 0 Å². The predicted octanol–water partition coefficient (Wildman–Crippen LogP) is 4.79. The van der Waals surface area contributed by atoms with E-state index < -0.39 is 0 Å². The van der Waals surface area contributed by atoms with Gasteiger partial charge in [-0.05, 0) is 36.4 Å². The van der Waals surface area contributed by atoms with Crippen molar-refractivity contribution < 1.29 is 9.21 Å². The minimum Gasteiger partial charge on any atom is -0.419 e. The van der Waals surface area contributed by atoms with E-state index in [1.807, 2.05) is 41.8 Å². The number of benzene rings is 2. The first kappa shape index (κ1) is 16.5. The van der Waals surface area contributed by atoms with Crippen molar-refractivity contribution in [1.29, 1.82) is 0 Å². The Labute approximate surface area is 155 Å². The van der Waals surface area contributed by atoms with Crippen LogP contribution in [0.2, 0.25) is 5.02 Å². The number of nitrogens with zero attached hydrogens (tertiary/aromatic N) is 3. The molecule has 4 rings (SSSR count). The van der Waals surface area contributed by atoms with Crippen molar-refractivity contribution in [2.45, 2.75) is 19.9 Å². The topological polar surface area (TPSA) is 60.9 Å². The largest absolute Gasteiger partial charge is 0.419 e. The van der Waals surface area contributed by atoms with Gasteiger partial charge < -0.3 is 8.98 Å². The third kappa shape index (κ3) is 3.02. The molecule has 2 heterocycles. The molecule has 26 heavy (non-hydrogen) atoms. The molecule has 0 spiro atoms. The number of aromatic nitrogens is 3. The molecule has 0 saturated heterocycles. The Morgan fingerprint density at radius 3 is 2.62 bits per heavy atom. The number of fused-ring (bicyclic) bond motifs is 1. The fourth-order valence-electron chi connectivity index (χ4n) is 2.93. The number of rotatable bonds is 5. The molecule has 6 heteroatoms. The van der Waals surface area contributed by atoms with Gasteiger partial charge in [-0.3, -0.25) is 4.79 Å². The van der Waals surface area contributed by atoms with Crippen LogP contribution in [0.5, 0.6) is 0 Å². The van der Waals surface area contributed by atoms with Crippen LogP contribution in [0.25, 0.3) is 22.5 Å². The molecule has 0 atom stereocenters. The van der Waals surface area contributed by atoms with Crippen molar-refractivity contribution in [2.24, 2.45) is 0 Å². The molecular weight excluding hydrogens is 350 g/mol. The number of hydrogen-bond acceptors (Lipinski definition) is 4. The van der Waals surface area contributed by atoms with E-state index in [4.69, 9.17) is 16.0 Å². The minimum atomic E-state index is -0.0144. The Hall–Kier alpha value is -2.92. The summed E-state index contributed by atoms with van der Waals surface area (Å²) < 4.78 is 7.64. The Morgan fingerprint density at radius 2 is 1.88 bits per heavy atom. The highest BCUT2D eigenvalue weighted by Crippen LogP contribution is 2.28. The number of carbonyl (C=O) groups excluding carboxylic acids is 1. The second kappa shape index (κ2) is 6.77. The van der Waals surface area contributed by atoms with Gasteiger partial charge in [0.2, 0.25) is 5.89 Å². The highest BCUT2D eigenvalue weighted by Gasteiger charge is 2.18. The van der Waals surface area contributed by atoms with Crippen molar-refractivity contribution in [3.63, 3.8) is 0 Å². The molecule has 0 saturated carbocycles. The minimum absolute atomic E-state index is 0.0144. The van der Waals surface area contributed by atoms with E-state index in [-0.39, 0.29) is 12.3 Å². The summed E-state index contributed by atoms with van der Waals surface area (Å²) in [7, 11) is 0. The maximum atomic E-state index is 12.8. The summed E-state index contributed by atoms with van der Waals surface area (Å²) in [6.07, 6.45) is 0.664. The van der Waals surface area contributed by atoms with Gasteiger partial charge in [-0.25, -0.2) is 0 Å². The van der Waals surface area contributed by atoms with E-state index in [1.54, 1.807) is 24.3 Å². The molecule has 4 aromatic rings. The number of Topliss-reactive ketones (excluding diaryl/α,β-unsaturated/α-hetero) is 1. The van der Waals surface area contributed by atoms with Crippen LogP contribution in [-0.2, 0) is 13.0 Å². The first-order valence-electron chi connectivity index (χ1n) is 8.35. The van der Waals surface area contributed by atoms with Crippen LogP contribution in [0, 0.1) is 0 Å². The predicted molar refractivity (Wildman–Crippen MR) is 100 cm³/mol. The van der Waals surface area contributed by atoms with Gasteiger partial charge in [0.1, 0.15) is 5.69 Å². The summed E-state index contributed by atoms with van der Waals surface area (Å²) >= 11 is 5.91. The highest BCUT2D eigenvalue weighted by molar-refractivity contribution is 6.30. The lowest BCUT2D eigenvalue weighted by atomic mass is 10.1. The average Bonchev–Trinajstić information content (AvgIpc) is 3.27. The van der Waals surface area contributed by atoms with Gasteiger partial charge in [0.25, 0.3) is 5.89 Å². The number of ketones is 1. The number of halogens is 1. The van der Waals surface area contributed by atoms with Crippen molar-refractivity contribution in [3.05, 3.63) is 71.1 Å². The Morgan fingerprint density at radius 1 is 1.12 bits per heavy atom. The number of carbonyl (C=O) groups is 1. The third-order valence-electron chi connectivity index (χ3n) is 4.27. The second-order valence-corrected chi connectivity index (χ2v) is 6.40. The number of hydrogen-bond donors (Lipinski definition) is 0. The molecule has 130 valence electrons. The molecule has 0 aliphatic carbocycles. The normalized spacial score (nSPS) is 11.2. The average molecular weight is 366 g/mol. The van der Waals surface area contributed by atoms with Crippen molar-refractivity contribution in [1.82, 2.24) is 14.8 Å². The molecule has 0 radical (unpaired) electrons. The van der Waals surface area contributed by atoms with Crippen LogP contribution in [0.15, 0.2) is 59.0 Å². The summed E-state index contributed by atoms with van der Waals surface area (Å²) in [4.78, 5) is 12.8. The van der Waals surface area contributed by atoms with Crippen LogP contribution < -0.4 is 0 Å². The van der Waals surface area contributed by atoms with Crippen molar-refractivity contribution >= 4 is 28.3 Å². The smallest absolute Gasteiger partial charge is 0.264 e. The maximum absolute atomic E-state index is 12.8. The molecule has 0 bridgehead atoms. The fraction of sp³-hybridized carbons (Fsp3) is 0.150. The maximum Gasteiger partial charge on any atom is 0.264 e. The monoisotopic (exact) mass is 365 g/mol. The zero-order valence-corrected chi connectivity index (χ0v) is 14.9. The summed E-state index contributed by atoms with van der Waals surface area (Å²) in [6, 6.07) is 16.8. The summed E-state index contributed by atoms with van der Waals surface area (Å²) in [6.45, 7) is 2.13. The SMILES string of the molecule is CCc1nnc(-c2cc3ccccc3n2CC(=O)c2ccc(Cl)cc2)o1. The van der Waals surface area contributed by atoms with Gasteiger partial charge in [-0.1, -0.05) is 36.7 Å². The highest BCUT2D eigenvalue weighted by atomic mass is 35.5. The Balaban J connectivity index is 1.78. The Bertz CT molecular complexity index is 1080. The van der Waals surface area contributed by atoms with E-state index in [0.717, 1.165) is 16.6 Å². The zero-order chi connectivity index (χ0) is 18.1. The molecule has 0 aliphatic rings. The quantitative estimate of drug-likeness (QED) is 0.477.